The minimum atomic E-state index is -0.0759. The standard InChI is InChI=1S/C15H20Cl2N2O/c1-3-15(4-2)5-6-19(9-15)14(20)11-7-10(18)8-12(16)13(11)17/h7-8H,3-6,9,18H2,1-2H3. The van der Waals surface area contributed by atoms with Gasteiger partial charge in [0.2, 0.25) is 0 Å². The van der Waals surface area contributed by atoms with Gasteiger partial charge in [0.25, 0.3) is 5.91 Å². The van der Waals surface area contributed by atoms with E-state index in [1.165, 1.54) is 0 Å². The second-order valence-electron chi connectivity index (χ2n) is 5.55. The minimum Gasteiger partial charge on any atom is -0.399 e. The summed E-state index contributed by atoms with van der Waals surface area (Å²) in [5, 5.41) is 0.614. The number of amides is 1. The number of hydrogen-bond acceptors (Lipinski definition) is 2. The number of rotatable bonds is 3. The highest BCUT2D eigenvalue weighted by atomic mass is 35.5. The molecule has 0 aromatic heterocycles. The van der Waals surface area contributed by atoms with Gasteiger partial charge in [-0.25, -0.2) is 0 Å². The monoisotopic (exact) mass is 314 g/mol. The van der Waals surface area contributed by atoms with E-state index in [4.69, 9.17) is 28.9 Å². The van der Waals surface area contributed by atoms with Crippen molar-refractivity contribution in [2.75, 3.05) is 18.8 Å². The second-order valence-corrected chi connectivity index (χ2v) is 6.33. The van der Waals surface area contributed by atoms with Crippen LogP contribution in [0.2, 0.25) is 10.0 Å². The third kappa shape index (κ3) is 2.75. The quantitative estimate of drug-likeness (QED) is 0.849. The van der Waals surface area contributed by atoms with Crippen LogP contribution in [-0.2, 0) is 0 Å². The van der Waals surface area contributed by atoms with Crippen molar-refractivity contribution in [1.29, 1.82) is 0 Å². The molecule has 110 valence electrons. The van der Waals surface area contributed by atoms with Gasteiger partial charge in [-0.3, -0.25) is 4.79 Å². The lowest BCUT2D eigenvalue weighted by Gasteiger charge is -2.26. The maximum atomic E-state index is 12.6. The van der Waals surface area contributed by atoms with Crippen molar-refractivity contribution in [2.45, 2.75) is 33.1 Å². The molecule has 3 nitrogen and oxygen atoms in total. The zero-order valence-electron chi connectivity index (χ0n) is 11.9. The lowest BCUT2D eigenvalue weighted by Crippen LogP contribution is -2.32. The van der Waals surface area contributed by atoms with Gasteiger partial charge in [-0.1, -0.05) is 37.0 Å². The first-order chi connectivity index (χ1) is 9.42. The molecular weight excluding hydrogens is 295 g/mol. The molecule has 1 aromatic carbocycles. The van der Waals surface area contributed by atoms with Crippen LogP contribution in [0.1, 0.15) is 43.5 Å². The fraction of sp³-hybridized carbons (Fsp3) is 0.533. The van der Waals surface area contributed by atoms with E-state index >= 15 is 0 Å². The second kappa shape index (κ2) is 5.82. The van der Waals surface area contributed by atoms with Crippen molar-refractivity contribution < 1.29 is 4.79 Å². The summed E-state index contributed by atoms with van der Waals surface area (Å²) in [6, 6.07) is 3.17. The molecule has 1 heterocycles. The zero-order valence-corrected chi connectivity index (χ0v) is 13.4. The molecule has 1 fully saturated rings. The summed E-state index contributed by atoms with van der Waals surface area (Å²) >= 11 is 12.1. The Morgan fingerprint density at radius 1 is 1.35 bits per heavy atom. The summed E-state index contributed by atoms with van der Waals surface area (Å²) < 4.78 is 0. The highest BCUT2D eigenvalue weighted by Crippen LogP contribution is 2.38. The lowest BCUT2D eigenvalue weighted by molar-refractivity contribution is 0.0770. The summed E-state index contributed by atoms with van der Waals surface area (Å²) in [5.74, 6) is -0.0759. The van der Waals surface area contributed by atoms with Crippen LogP contribution < -0.4 is 5.73 Å². The van der Waals surface area contributed by atoms with E-state index in [1.54, 1.807) is 12.1 Å². The van der Waals surface area contributed by atoms with E-state index in [0.717, 1.165) is 32.4 Å². The fourth-order valence-electron chi connectivity index (χ4n) is 2.87. The normalized spacial score (nSPS) is 17.5. The van der Waals surface area contributed by atoms with Crippen LogP contribution in [0.4, 0.5) is 5.69 Å². The third-order valence-corrected chi connectivity index (χ3v) is 5.31. The molecule has 20 heavy (non-hydrogen) atoms. The number of nitrogens with two attached hydrogens (primary N) is 1. The number of benzene rings is 1. The Morgan fingerprint density at radius 2 is 2.00 bits per heavy atom. The molecule has 2 rings (SSSR count). The van der Waals surface area contributed by atoms with Crippen molar-refractivity contribution in [3.63, 3.8) is 0 Å². The van der Waals surface area contributed by atoms with Crippen LogP contribution in [0.5, 0.6) is 0 Å². The van der Waals surface area contributed by atoms with E-state index in [-0.39, 0.29) is 16.3 Å². The molecule has 1 aliphatic rings. The molecule has 1 saturated heterocycles. The molecule has 0 saturated carbocycles. The largest absolute Gasteiger partial charge is 0.399 e. The van der Waals surface area contributed by atoms with Crippen molar-refractivity contribution >= 4 is 34.8 Å². The lowest BCUT2D eigenvalue weighted by atomic mass is 9.82. The first-order valence-corrected chi connectivity index (χ1v) is 7.72. The first-order valence-electron chi connectivity index (χ1n) is 6.96. The minimum absolute atomic E-state index is 0.0759. The Kier molecular flexibility index (Phi) is 4.50. The number of anilines is 1. The van der Waals surface area contributed by atoms with Gasteiger partial charge in [0.05, 0.1) is 15.6 Å². The van der Waals surface area contributed by atoms with E-state index in [2.05, 4.69) is 13.8 Å². The average Bonchev–Trinajstić information content (AvgIpc) is 2.87. The number of nitrogen functional groups attached to an aromatic ring is 1. The maximum absolute atomic E-state index is 12.6. The highest BCUT2D eigenvalue weighted by Gasteiger charge is 2.37. The van der Waals surface area contributed by atoms with Gasteiger partial charge in [-0.15, -0.1) is 0 Å². The zero-order chi connectivity index (χ0) is 14.9. The van der Waals surface area contributed by atoms with E-state index < -0.39 is 0 Å². The van der Waals surface area contributed by atoms with Crippen LogP contribution in [0, 0.1) is 5.41 Å². The number of carbonyl (C=O) groups is 1. The van der Waals surface area contributed by atoms with Gasteiger partial charge >= 0.3 is 0 Å². The Hall–Kier alpha value is -0.930. The van der Waals surface area contributed by atoms with Crippen molar-refractivity contribution in [2.24, 2.45) is 5.41 Å². The van der Waals surface area contributed by atoms with E-state index in [9.17, 15) is 4.79 Å². The summed E-state index contributed by atoms with van der Waals surface area (Å²) in [6.07, 6.45) is 3.21. The Bertz CT molecular complexity index is 527. The molecule has 1 aromatic rings. The molecule has 1 amide bonds. The SMILES string of the molecule is CCC1(CC)CCN(C(=O)c2cc(N)cc(Cl)c2Cl)C1. The Balaban J connectivity index is 2.26. The van der Waals surface area contributed by atoms with Gasteiger partial charge in [0.15, 0.2) is 0 Å². The van der Waals surface area contributed by atoms with Gasteiger partial charge in [-0.05, 0) is 36.8 Å². The van der Waals surface area contributed by atoms with Crippen LogP contribution in [0.3, 0.4) is 0 Å². The van der Waals surface area contributed by atoms with Crippen LogP contribution in [-0.4, -0.2) is 23.9 Å². The molecule has 5 heteroatoms. The summed E-state index contributed by atoms with van der Waals surface area (Å²) in [6.45, 7) is 5.91. The van der Waals surface area contributed by atoms with Crippen molar-refractivity contribution in [3.05, 3.63) is 27.7 Å². The number of hydrogen-bond donors (Lipinski definition) is 1. The fourth-order valence-corrected chi connectivity index (χ4v) is 3.29. The number of halogens is 2. The topological polar surface area (TPSA) is 46.3 Å². The summed E-state index contributed by atoms with van der Waals surface area (Å²) in [4.78, 5) is 14.5. The predicted molar refractivity (Wildman–Crippen MR) is 84.4 cm³/mol. The van der Waals surface area contributed by atoms with Crippen molar-refractivity contribution in [1.82, 2.24) is 4.90 Å². The van der Waals surface area contributed by atoms with Crippen LogP contribution in [0.25, 0.3) is 0 Å². The summed E-state index contributed by atoms with van der Waals surface area (Å²) in [7, 11) is 0. The molecule has 0 atom stereocenters. The molecule has 0 radical (unpaired) electrons. The van der Waals surface area contributed by atoms with Gasteiger partial charge in [0, 0.05) is 18.8 Å². The highest BCUT2D eigenvalue weighted by molar-refractivity contribution is 6.44. The molecule has 0 spiro atoms. The smallest absolute Gasteiger partial charge is 0.255 e. The number of carbonyl (C=O) groups excluding carboxylic acids is 1. The number of likely N-dealkylation sites (tertiary alicyclic amines) is 1. The van der Waals surface area contributed by atoms with Crippen LogP contribution >= 0.6 is 23.2 Å². The number of nitrogens with zero attached hydrogens (tertiary/aromatic N) is 1. The Labute approximate surface area is 130 Å². The predicted octanol–water partition coefficient (Wildman–Crippen LogP) is 4.23. The maximum Gasteiger partial charge on any atom is 0.255 e. The molecule has 1 aliphatic heterocycles. The van der Waals surface area contributed by atoms with Crippen LogP contribution in [0.15, 0.2) is 12.1 Å². The summed E-state index contributed by atoms with van der Waals surface area (Å²) in [5.41, 5.74) is 6.86. The van der Waals surface area contributed by atoms with Crippen molar-refractivity contribution in [3.8, 4) is 0 Å². The molecule has 0 unspecified atom stereocenters. The third-order valence-electron chi connectivity index (χ3n) is 4.51. The van der Waals surface area contributed by atoms with Gasteiger partial charge in [0.1, 0.15) is 0 Å². The molecule has 0 bridgehead atoms. The molecule has 0 aliphatic carbocycles. The van der Waals surface area contributed by atoms with Gasteiger partial charge < -0.3 is 10.6 Å². The van der Waals surface area contributed by atoms with Gasteiger partial charge in [-0.2, -0.15) is 0 Å². The average molecular weight is 315 g/mol. The van der Waals surface area contributed by atoms with E-state index in [0.29, 0.717) is 16.3 Å². The molecule has 2 N–H and O–H groups in total. The van der Waals surface area contributed by atoms with E-state index in [1.807, 2.05) is 4.90 Å². The molecular formula is C15H20Cl2N2O. The first kappa shape index (κ1) is 15.5. The Morgan fingerprint density at radius 3 is 2.55 bits per heavy atom.